The van der Waals surface area contributed by atoms with Crippen molar-refractivity contribution in [1.82, 2.24) is 0 Å². The SMILES string of the molecule is CC(=C\Oc1ccc(C)cc1)/C(=N/c1ccc(C)cc1)Oc1ccc(C)cc1. The highest BCUT2D eigenvalue weighted by molar-refractivity contribution is 5.96. The zero-order valence-corrected chi connectivity index (χ0v) is 16.8. The molecule has 142 valence electrons. The molecule has 0 radical (unpaired) electrons. The van der Waals surface area contributed by atoms with Crippen molar-refractivity contribution >= 4 is 11.6 Å². The van der Waals surface area contributed by atoms with E-state index in [1.807, 2.05) is 93.6 Å². The lowest BCUT2D eigenvalue weighted by Crippen LogP contribution is -2.11. The highest BCUT2D eigenvalue weighted by Gasteiger charge is 2.08. The van der Waals surface area contributed by atoms with E-state index in [0.29, 0.717) is 5.90 Å². The van der Waals surface area contributed by atoms with Gasteiger partial charge in [-0.25, -0.2) is 4.99 Å². The number of aryl methyl sites for hydroxylation is 3. The molecule has 0 fully saturated rings. The molecule has 0 aliphatic heterocycles. The van der Waals surface area contributed by atoms with Crippen LogP contribution in [0.15, 0.2) is 89.6 Å². The van der Waals surface area contributed by atoms with Crippen molar-refractivity contribution in [2.75, 3.05) is 0 Å². The van der Waals surface area contributed by atoms with Crippen LogP contribution >= 0.6 is 0 Å². The van der Waals surface area contributed by atoms with Crippen molar-refractivity contribution in [1.29, 1.82) is 0 Å². The van der Waals surface area contributed by atoms with Crippen LogP contribution in [0.4, 0.5) is 5.69 Å². The van der Waals surface area contributed by atoms with Crippen molar-refractivity contribution in [3.8, 4) is 11.5 Å². The standard InChI is InChI=1S/C25H25NO2/c1-18-5-11-22(12-6-18)26-25(28-24-15-9-20(3)10-16-24)21(4)17-27-23-13-7-19(2)8-14-23/h5-17H,1-4H3/b21-17+,26-25-. The maximum atomic E-state index is 6.07. The van der Waals surface area contributed by atoms with Gasteiger partial charge in [0, 0.05) is 5.57 Å². The second-order valence-electron chi connectivity index (χ2n) is 6.90. The van der Waals surface area contributed by atoms with Gasteiger partial charge >= 0.3 is 0 Å². The Morgan fingerprint density at radius 3 is 1.68 bits per heavy atom. The van der Waals surface area contributed by atoms with Crippen LogP contribution in [0.25, 0.3) is 0 Å². The first-order chi connectivity index (χ1) is 13.5. The zero-order chi connectivity index (χ0) is 19.9. The molecule has 3 aromatic carbocycles. The normalized spacial score (nSPS) is 12.0. The Kier molecular flexibility index (Phi) is 6.28. The van der Waals surface area contributed by atoms with E-state index in [2.05, 4.69) is 11.9 Å². The summed E-state index contributed by atoms with van der Waals surface area (Å²) >= 11 is 0. The summed E-state index contributed by atoms with van der Waals surface area (Å²) < 4.78 is 11.9. The molecule has 0 saturated carbocycles. The van der Waals surface area contributed by atoms with Gasteiger partial charge < -0.3 is 9.47 Å². The Morgan fingerprint density at radius 1 is 0.679 bits per heavy atom. The van der Waals surface area contributed by atoms with Gasteiger partial charge in [0.2, 0.25) is 5.90 Å². The van der Waals surface area contributed by atoms with E-state index in [-0.39, 0.29) is 0 Å². The van der Waals surface area contributed by atoms with Crippen molar-refractivity contribution in [2.45, 2.75) is 27.7 Å². The summed E-state index contributed by atoms with van der Waals surface area (Å²) in [6.45, 7) is 8.07. The molecule has 0 heterocycles. The number of hydrogen-bond donors (Lipinski definition) is 0. The van der Waals surface area contributed by atoms with Gasteiger partial charge in [-0.2, -0.15) is 0 Å². The Bertz CT molecular complexity index is 967. The quantitative estimate of drug-likeness (QED) is 0.284. The van der Waals surface area contributed by atoms with E-state index < -0.39 is 0 Å². The van der Waals surface area contributed by atoms with E-state index >= 15 is 0 Å². The summed E-state index contributed by atoms with van der Waals surface area (Å²) in [7, 11) is 0. The second kappa shape index (κ2) is 9.05. The Morgan fingerprint density at radius 2 is 1.14 bits per heavy atom. The van der Waals surface area contributed by atoms with Crippen LogP contribution in [-0.2, 0) is 0 Å². The first-order valence-corrected chi connectivity index (χ1v) is 9.30. The molecule has 0 aromatic heterocycles. The molecule has 0 bridgehead atoms. The second-order valence-corrected chi connectivity index (χ2v) is 6.90. The number of rotatable bonds is 5. The van der Waals surface area contributed by atoms with E-state index in [9.17, 15) is 0 Å². The molecule has 3 rings (SSSR count). The van der Waals surface area contributed by atoms with Crippen LogP contribution in [0.1, 0.15) is 23.6 Å². The van der Waals surface area contributed by atoms with Crippen LogP contribution in [0.2, 0.25) is 0 Å². The van der Waals surface area contributed by atoms with Crippen molar-refractivity contribution in [3.63, 3.8) is 0 Å². The maximum Gasteiger partial charge on any atom is 0.225 e. The minimum atomic E-state index is 0.500. The van der Waals surface area contributed by atoms with Crippen LogP contribution in [0.3, 0.4) is 0 Å². The highest BCUT2D eigenvalue weighted by atomic mass is 16.5. The topological polar surface area (TPSA) is 30.8 Å². The number of aliphatic imine (C=N–C) groups is 1. The molecule has 3 heteroatoms. The fourth-order valence-corrected chi connectivity index (χ4v) is 2.47. The van der Waals surface area contributed by atoms with Gasteiger partial charge in [0.1, 0.15) is 11.5 Å². The summed E-state index contributed by atoms with van der Waals surface area (Å²) in [4.78, 5) is 4.69. The van der Waals surface area contributed by atoms with Gasteiger partial charge in [0.05, 0.1) is 11.9 Å². The maximum absolute atomic E-state index is 6.07. The van der Waals surface area contributed by atoms with E-state index in [0.717, 1.165) is 22.8 Å². The predicted octanol–water partition coefficient (Wildman–Crippen LogP) is 6.70. The number of ether oxygens (including phenoxy) is 2. The molecule has 0 N–H and O–H groups in total. The van der Waals surface area contributed by atoms with Gasteiger partial charge in [-0.05, 0) is 64.1 Å². The highest BCUT2D eigenvalue weighted by Crippen LogP contribution is 2.19. The summed E-state index contributed by atoms with van der Waals surface area (Å²) in [6.07, 6.45) is 1.67. The Labute approximate surface area is 167 Å². The molecule has 28 heavy (non-hydrogen) atoms. The third kappa shape index (κ3) is 5.58. The largest absolute Gasteiger partial charge is 0.465 e. The molecule has 0 atom stereocenters. The monoisotopic (exact) mass is 371 g/mol. The molecule has 0 spiro atoms. The van der Waals surface area contributed by atoms with Crippen LogP contribution in [0, 0.1) is 20.8 Å². The summed E-state index contributed by atoms with van der Waals surface area (Å²) in [5, 5.41) is 0. The first-order valence-electron chi connectivity index (χ1n) is 9.30. The molecule has 0 aliphatic carbocycles. The van der Waals surface area contributed by atoms with Crippen molar-refractivity contribution in [3.05, 3.63) is 101 Å². The van der Waals surface area contributed by atoms with Gasteiger partial charge in [-0.1, -0.05) is 53.1 Å². The molecule has 0 aliphatic rings. The third-order valence-corrected chi connectivity index (χ3v) is 4.23. The lowest BCUT2D eigenvalue weighted by molar-refractivity contribution is 0.473. The Hall–Kier alpha value is -3.33. The summed E-state index contributed by atoms with van der Waals surface area (Å²) in [5.74, 6) is 2.01. The van der Waals surface area contributed by atoms with Gasteiger partial charge in [0.15, 0.2) is 0 Å². The Balaban J connectivity index is 1.87. The average Bonchev–Trinajstić information content (AvgIpc) is 2.70. The molecule has 0 unspecified atom stereocenters. The smallest absolute Gasteiger partial charge is 0.225 e. The third-order valence-electron chi connectivity index (χ3n) is 4.23. The molecule has 3 nitrogen and oxygen atoms in total. The fraction of sp³-hybridized carbons (Fsp3) is 0.160. The summed E-state index contributed by atoms with van der Waals surface area (Å²) in [6, 6.07) is 23.8. The van der Waals surface area contributed by atoms with E-state index in [1.165, 1.54) is 16.7 Å². The van der Waals surface area contributed by atoms with Crippen molar-refractivity contribution < 1.29 is 9.47 Å². The molecule has 0 amide bonds. The van der Waals surface area contributed by atoms with Gasteiger partial charge in [0.25, 0.3) is 0 Å². The average molecular weight is 371 g/mol. The van der Waals surface area contributed by atoms with Crippen LogP contribution in [-0.4, -0.2) is 5.90 Å². The lowest BCUT2D eigenvalue weighted by Gasteiger charge is -2.11. The number of nitrogens with zero attached hydrogens (tertiary/aromatic N) is 1. The fourth-order valence-electron chi connectivity index (χ4n) is 2.47. The van der Waals surface area contributed by atoms with Crippen LogP contribution in [0.5, 0.6) is 11.5 Å². The predicted molar refractivity (Wildman–Crippen MR) is 116 cm³/mol. The van der Waals surface area contributed by atoms with Gasteiger partial charge in [-0.3, -0.25) is 0 Å². The zero-order valence-electron chi connectivity index (χ0n) is 16.8. The number of benzene rings is 3. The summed E-state index contributed by atoms with van der Waals surface area (Å²) in [5.41, 5.74) is 5.18. The number of hydrogen-bond acceptors (Lipinski definition) is 3. The lowest BCUT2D eigenvalue weighted by atomic mass is 10.2. The van der Waals surface area contributed by atoms with Gasteiger partial charge in [-0.15, -0.1) is 0 Å². The molecular weight excluding hydrogens is 346 g/mol. The minimum absolute atomic E-state index is 0.500. The van der Waals surface area contributed by atoms with E-state index in [1.54, 1.807) is 6.26 Å². The minimum Gasteiger partial charge on any atom is -0.465 e. The molecular formula is C25H25NO2. The molecule has 0 saturated heterocycles. The van der Waals surface area contributed by atoms with Crippen molar-refractivity contribution in [2.24, 2.45) is 4.99 Å². The first kappa shape index (κ1) is 19.4. The molecule has 3 aromatic rings. The van der Waals surface area contributed by atoms with E-state index in [4.69, 9.17) is 9.47 Å². The van der Waals surface area contributed by atoms with Crippen LogP contribution < -0.4 is 9.47 Å².